The van der Waals surface area contributed by atoms with Crippen molar-refractivity contribution >= 4 is 40.6 Å². The van der Waals surface area contributed by atoms with Gasteiger partial charge in [-0.15, -0.1) is 0 Å². The average Bonchev–Trinajstić information content (AvgIpc) is 2.61. The smallest absolute Gasteiger partial charge is 0.317 e. The predicted octanol–water partition coefficient (Wildman–Crippen LogP) is 4.06. The number of ether oxygens (including phenoxy) is 2. The van der Waals surface area contributed by atoms with Crippen molar-refractivity contribution in [3.05, 3.63) is 59.1 Å². The van der Waals surface area contributed by atoms with E-state index in [-0.39, 0.29) is 12.0 Å². The first-order chi connectivity index (χ1) is 13.0. The molecule has 0 aliphatic carbocycles. The number of benzene rings is 2. The van der Waals surface area contributed by atoms with Gasteiger partial charge in [-0.05, 0) is 50.3 Å². The third-order valence-electron chi connectivity index (χ3n) is 5.01. The fraction of sp³-hybridized carbons (Fsp3) is 0.300. The number of hydrogen-bond donors (Lipinski definition) is 1. The lowest BCUT2D eigenvalue weighted by atomic mass is 9.79. The Labute approximate surface area is 168 Å². The highest BCUT2D eigenvalue weighted by molar-refractivity contribution is 7.80. The monoisotopic (exact) mass is 402 g/mol. The highest BCUT2D eigenvalue weighted by atomic mass is 35.5. The molecule has 0 spiro atoms. The second-order valence-corrected chi connectivity index (χ2v) is 7.49. The highest BCUT2D eigenvalue weighted by Crippen LogP contribution is 2.49. The summed E-state index contributed by atoms with van der Waals surface area (Å²) in [5.74, 6) is -0.230. The number of fused-ring (bicyclic) bond motifs is 4. The molecule has 1 fully saturated rings. The van der Waals surface area contributed by atoms with E-state index >= 15 is 0 Å². The zero-order chi connectivity index (χ0) is 19.2. The number of halogens is 1. The number of nitrogens with zero attached hydrogens (tertiary/aromatic N) is 1. The van der Waals surface area contributed by atoms with Crippen molar-refractivity contribution in [3.63, 3.8) is 0 Å². The van der Waals surface area contributed by atoms with Crippen LogP contribution in [0.1, 0.15) is 25.5 Å². The van der Waals surface area contributed by atoms with Crippen LogP contribution in [-0.2, 0) is 9.53 Å². The normalized spacial score (nSPS) is 25.9. The highest BCUT2D eigenvalue weighted by Gasteiger charge is 2.59. The molecule has 0 saturated carbocycles. The van der Waals surface area contributed by atoms with E-state index in [0.29, 0.717) is 22.5 Å². The Hall–Kier alpha value is -2.31. The molecule has 2 aromatic carbocycles. The van der Waals surface area contributed by atoms with Crippen LogP contribution in [0.15, 0.2) is 48.5 Å². The Balaban J connectivity index is 1.89. The van der Waals surface area contributed by atoms with Gasteiger partial charge in [-0.1, -0.05) is 35.9 Å². The Morgan fingerprint density at radius 1 is 1.33 bits per heavy atom. The molecular formula is C20H19ClN2O3S. The van der Waals surface area contributed by atoms with Crippen molar-refractivity contribution in [2.75, 3.05) is 11.5 Å². The van der Waals surface area contributed by atoms with Crippen molar-refractivity contribution in [3.8, 4) is 5.75 Å². The molecule has 2 bridgehead atoms. The van der Waals surface area contributed by atoms with Gasteiger partial charge in [0.1, 0.15) is 11.7 Å². The number of carbonyl (C=O) groups excluding carboxylic acids is 1. The van der Waals surface area contributed by atoms with E-state index in [4.69, 9.17) is 33.3 Å². The molecule has 0 amide bonds. The van der Waals surface area contributed by atoms with Crippen molar-refractivity contribution in [2.45, 2.75) is 25.6 Å². The second-order valence-electron chi connectivity index (χ2n) is 6.67. The molecule has 0 radical (unpaired) electrons. The summed E-state index contributed by atoms with van der Waals surface area (Å²) in [5, 5.41) is 4.37. The molecule has 2 aliphatic heterocycles. The molecular weight excluding hydrogens is 384 g/mol. The Morgan fingerprint density at radius 2 is 2.11 bits per heavy atom. The molecule has 2 heterocycles. The summed E-state index contributed by atoms with van der Waals surface area (Å²) < 4.78 is 11.8. The lowest BCUT2D eigenvalue weighted by Crippen LogP contribution is -2.71. The van der Waals surface area contributed by atoms with Crippen LogP contribution in [0.2, 0.25) is 5.02 Å². The second kappa shape index (κ2) is 6.69. The number of thiocarbonyl (C=S) groups is 1. The largest absolute Gasteiger partial charge is 0.466 e. The van der Waals surface area contributed by atoms with E-state index in [1.54, 1.807) is 19.1 Å². The van der Waals surface area contributed by atoms with Crippen LogP contribution in [0.3, 0.4) is 0 Å². The summed E-state index contributed by atoms with van der Waals surface area (Å²) in [6.07, 6.45) is 0. The van der Waals surface area contributed by atoms with Gasteiger partial charge in [0.2, 0.25) is 5.72 Å². The van der Waals surface area contributed by atoms with Crippen molar-refractivity contribution in [2.24, 2.45) is 5.92 Å². The van der Waals surface area contributed by atoms with Crippen molar-refractivity contribution in [1.29, 1.82) is 0 Å². The van der Waals surface area contributed by atoms with Gasteiger partial charge in [-0.2, -0.15) is 0 Å². The molecule has 4 rings (SSSR count). The van der Waals surface area contributed by atoms with Crippen molar-refractivity contribution in [1.82, 2.24) is 5.32 Å². The molecule has 7 heteroatoms. The number of carbonyl (C=O) groups is 1. The third kappa shape index (κ3) is 2.84. The van der Waals surface area contributed by atoms with E-state index in [0.717, 1.165) is 11.3 Å². The Morgan fingerprint density at radius 3 is 2.85 bits per heavy atom. The number of hydrogen-bond acceptors (Lipinski definition) is 4. The molecule has 0 unspecified atom stereocenters. The molecule has 140 valence electrons. The summed E-state index contributed by atoms with van der Waals surface area (Å²) >= 11 is 11.8. The van der Waals surface area contributed by atoms with Crippen LogP contribution >= 0.6 is 23.8 Å². The Kier molecular flexibility index (Phi) is 4.48. The number of para-hydroxylation sites is 1. The molecule has 5 nitrogen and oxygen atoms in total. The van der Waals surface area contributed by atoms with Gasteiger partial charge in [-0.3, -0.25) is 9.69 Å². The average molecular weight is 403 g/mol. The molecule has 2 aromatic rings. The summed E-state index contributed by atoms with van der Waals surface area (Å²) in [6, 6.07) is 14.6. The SMILES string of the molecule is CCOC(=O)[C@@H]1[C@H]2NC(=S)N(c3cccc(Cl)c3)[C@@]1(C)Oc1ccccc12. The van der Waals surface area contributed by atoms with E-state index < -0.39 is 11.6 Å². The number of nitrogens with one attached hydrogen (secondary N) is 1. The maximum Gasteiger partial charge on any atom is 0.317 e. The topological polar surface area (TPSA) is 50.8 Å². The first kappa shape index (κ1) is 18.1. The minimum atomic E-state index is -1.06. The number of rotatable bonds is 3. The predicted molar refractivity (Wildman–Crippen MR) is 108 cm³/mol. The van der Waals surface area contributed by atoms with Gasteiger partial charge < -0.3 is 14.8 Å². The third-order valence-corrected chi connectivity index (χ3v) is 5.55. The van der Waals surface area contributed by atoms with E-state index in [1.165, 1.54) is 0 Å². The standard InChI is InChI=1S/C20H19ClN2O3S/c1-3-25-18(24)16-17-14-9-4-5-10-15(14)26-20(16,2)23(19(27)22-17)13-8-6-7-12(21)11-13/h4-11,16-17H,3H2,1-2H3,(H,22,27)/t16-,17-,20-/m0/s1. The fourth-order valence-electron chi connectivity index (χ4n) is 3.93. The van der Waals surface area contributed by atoms with Gasteiger partial charge in [0.15, 0.2) is 5.11 Å². The van der Waals surface area contributed by atoms with Gasteiger partial charge >= 0.3 is 5.97 Å². The van der Waals surface area contributed by atoms with E-state index in [9.17, 15) is 4.79 Å². The minimum absolute atomic E-state index is 0.293. The molecule has 1 N–H and O–H groups in total. The molecule has 3 atom stereocenters. The summed E-state index contributed by atoms with van der Waals surface area (Å²) in [4.78, 5) is 14.7. The van der Waals surface area contributed by atoms with Crippen LogP contribution in [0, 0.1) is 5.92 Å². The molecule has 2 aliphatic rings. The van der Waals surface area contributed by atoms with Crippen LogP contribution in [0.5, 0.6) is 5.75 Å². The lowest BCUT2D eigenvalue weighted by Gasteiger charge is -2.55. The summed E-state index contributed by atoms with van der Waals surface area (Å²) in [7, 11) is 0. The van der Waals surface area contributed by atoms with Crippen LogP contribution in [0.25, 0.3) is 0 Å². The van der Waals surface area contributed by atoms with Gasteiger partial charge in [-0.25, -0.2) is 0 Å². The van der Waals surface area contributed by atoms with Crippen LogP contribution in [0.4, 0.5) is 5.69 Å². The van der Waals surface area contributed by atoms with Gasteiger partial charge in [0, 0.05) is 16.3 Å². The molecule has 0 aromatic heterocycles. The molecule has 1 saturated heterocycles. The Bertz CT molecular complexity index is 922. The lowest BCUT2D eigenvalue weighted by molar-refractivity contribution is -0.159. The zero-order valence-corrected chi connectivity index (χ0v) is 16.5. The minimum Gasteiger partial charge on any atom is -0.466 e. The maximum atomic E-state index is 12.9. The zero-order valence-electron chi connectivity index (χ0n) is 14.9. The van der Waals surface area contributed by atoms with E-state index in [2.05, 4.69) is 5.32 Å². The van der Waals surface area contributed by atoms with Crippen LogP contribution < -0.4 is 15.0 Å². The summed E-state index contributed by atoms with van der Waals surface area (Å²) in [6.45, 7) is 3.95. The van der Waals surface area contributed by atoms with Gasteiger partial charge in [0.25, 0.3) is 0 Å². The first-order valence-corrected chi connectivity index (χ1v) is 9.55. The quantitative estimate of drug-likeness (QED) is 0.617. The maximum absolute atomic E-state index is 12.9. The number of anilines is 1. The van der Waals surface area contributed by atoms with Crippen LogP contribution in [-0.4, -0.2) is 23.4 Å². The first-order valence-electron chi connectivity index (χ1n) is 8.76. The summed E-state index contributed by atoms with van der Waals surface area (Å²) in [5.41, 5.74) is 0.578. The molecule has 27 heavy (non-hydrogen) atoms. The van der Waals surface area contributed by atoms with Crippen molar-refractivity contribution < 1.29 is 14.3 Å². The fourth-order valence-corrected chi connectivity index (χ4v) is 4.52. The number of esters is 1. The van der Waals surface area contributed by atoms with Gasteiger partial charge in [0.05, 0.1) is 12.6 Å². The van der Waals surface area contributed by atoms with E-state index in [1.807, 2.05) is 48.2 Å².